The average molecular weight is 287 g/mol. The van der Waals surface area contributed by atoms with Gasteiger partial charge in [0.05, 0.1) is 0 Å². The Morgan fingerprint density at radius 1 is 1.08 bits per heavy atom. The van der Waals surface area contributed by atoms with E-state index < -0.39 is 0 Å². The molecular formula is C10H16O2Sn. The van der Waals surface area contributed by atoms with Crippen LogP contribution in [0.5, 0.6) is 11.5 Å². The molecule has 0 atom stereocenters. The van der Waals surface area contributed by atoms with Crippen LogP contribution in [0, 0.1) is 0 Å². The summed E-state index contributed by atoms with van der Waals surface area (Å²) in [4.78, 5) is 0. The zero-order valence-corrected chi connectivity index (χ0v) is 11.2. The molecule has 0 aliphatic rings. The molecule has 2 radical (unpaired) electrons. The second-order valence-corrected chi connectivity index (χ2v) is 4.31. The first-order chi connectivity index (χ1) is 6.20. The summed E-state index contributed by atoms with van der Waals surface area (Å²) in [5, 5.41) is 17.3. The molecule has 0 aromatic heterocycles. The summed E-state index contributed by atoms with van der Waals surface area (Å²) in [6, 6.07) is 5.70. The zero-order valence-electron chi connectivity index (χ0n) is 7.90. The summed E-state index contributed by atoms with van der Waals surface area (Å²) in [5.74, 6) is 0.339. The number of hydrogen-bond donors (Lipinski definition) is 2. The number of unbranched alkanes of at least 4 members (excludes halogenated alkanes) is 1. The van der Waals surface area contributed by atoms with Gasteiger partial charge in [0, 0.05) is 0 Å². The van der Waals surface area contributed by atoms with Gasteiger partial charge in [0.15, 0.2) is 0 Å². The smallest absolute Gasteiger partial charge is 0.115 e. The van der Waals surface area contributed by atoms with Crippen LogP contribution in [0.3, 0.4) is 0 Å². The van der Waals surface area contributed by atoms with E-state index in [2.05, 4.69) is 6.92 Å². The van der Waals surface area contributed by atoms with Crippen molar-refractivity contribution in [1.29, 1.82) is 0 Å². The standard InChI is InChI=1S/C6H6O2.C4H9.Sn.H/c7-5-1-2-6(8)4-3-5;1-3-4-2;;/h1-4,7-8H;1,3-4H2,2H3;;. The van der Waals surface area contributed by atoms with E-state index >= 15 is 0 Å². The summed E-state index contributed by atoms with van der Waals surface area (Å²) in [6.07, 6.45) is 2.82. The van der Waals surface area contributed by atoms with E-state index in [1.165, 1.54) is 64.1 Å². The number of phenols is 2. The molecule has 0 heterocycles. The number of hydrogen-bond acceptors (Lipinski definition) is 2. The Morgan fingerprint density at radius 3 is 1.62 bits per heavy atom. The molecule has 1 rings (SSSR count). The van der Waals surface area contributed by atoms with E-state index in [4.69, 9.17) is 10.2 Å². The summed E-state index contributed by atoms with van der Waals surface area (Å²) in [5.41, 5.74) is 0. The van der Waals surface area contributed by atoms with Crippen molar-refractivity contribution >= 4 is 22.5 Å². The fourth-order valence-corrected chi connectivity index (χ4v) is 1.82. The molecule has 0 aliphatic carbocycles. The normalized spacial score (nSPS) is 8.77. The van der Waals surface area contributed by atoms with Crippen molar-refractivity contribution in [2.75, 3.05) is 0 Å². The van der Waals surface area contributed by atoms with Crippen LogP contribution < -0.4 is 0 Å². The largest absolute Gasteiger partial charge is 0.508 e. The third kappa shape index (κ3) is 7.96. The number of aromatic hydroxyl groups is 2. The molecule has 0 saturated heterocycles. The maximum Gasteiger partial charge on any atom is 0.115 e. The quantitative estimate of drug-likeness (QED) is 0.646. The molecule has 0 spiro atoms. The van der Waals surface area contributed by atoms with Crippen LogP contribution in [0.15, 0.2) is 24.3 Å². The van der Waals surface area contributed by atoms with E-state index in [0.717, 1.165) is 0 Å². The van der Waals surface area contributed by atoms with Gasteiger partial charge in [-0.1, -0.05) is 0 Å². The SMILES string of the molecule is CCC[CH2][SnH].Oc1ccc(O)cc1. The minimum absolute atomic E-state index is 0.169. The van der Waals surface area contributed by atoms with Crippen LogP contribution in [0.1, 0.15) is 19.8 Å². The van der Waals surface area contributed by atoms with Gasteiger partial charge in [0.25, 0.3) is 0 Å². The number of rotatable bonds is 2. The van der Waals surface area contributed by atoms with Crippen LogP contribution in [-0.2, 0) is 0 Å². The van der Waals surface area contributed by atoms with E-state index in [-0.39, 0.29) is 11.5 Å². The molecule has 72 valence electrons. The van der Waals surface area contributed by atoms with Crippen LogP contribution in [0.2, 0.25) is 4.44 Å². The zero-order chi connectivity index (χ0) is 10.1. The minimum Gasteiger partial charge on any atom is -0.508 e. The van der Waals surface area contributed by atoms with Gasteiger partial charge in [0.2, 0.25) is 0 Å². The van der Waals surface area contributed by atoms with E-state index in [1.807, 2.05) is 0 Å². The molecule has 0 amide bonds. The van der Waals surface area contributed by atoms with Crippen molar-refractivity contribution in [3.05, 3.63) is 24.3 Å². The topological polar surface area (TPSA) is 40.5 Å². The van der Waals surface area contributed by atoms with Crippen LogP contribution in [0.25, 0.3) is 0 Å². The van der Waals surface area contributed by atoms with Crippen molar-refractivity contribution in [1.82, 2.24) is 0 Å². The first-order valence-corrected chi connectivity index (χ1v) is 6.71. The van der Waals surface area contributed by atoms with Gasteiger partial charge < -0.3 is 10.2 Å². The summed E-state index contributed by atoms with van der Waals surface area (Å²) < 4.78 is 1.47. The third-order valence-corrected chi connectivity index (χ3v) is 2.57. The third-order valence-electron chi connectivity index (χ3n) is 1.41. The van der Waals surface area contributed by atoms with Crippen LogP contribution in [-0.4, -0.2) is 32.7 Å². The monoisotopic (exact) mass is 288 g/mol. The molecule has 3 heteroatoms. The van der Waals surface area contributed by atoms with Crippen LogP contribution in [0.4, 0.5) is 0 Å². The fraction of sp³-hybridized carbons (Fsp3) is 0.400. The first kappa shape index (κ1) is 12.6. The minimum atomic E-state index is 0.169. The predicted molar refractivity (Wildman–Crippen MR) is 56.6 cm³/mol. The van der Waals surface area contributed by atoms with E-state index in [0.29, 0.717) is 0 Å². The molecule has 0 saturated carbocycles. The first-order valence-electron chi connectivity index (χ1n) is 4.38. The Bertz CT molecular complexity index is 186. The summed E-state index contributed by atoms with van der Waals surface area (Å²) >= 11 is 1.45. The van der Waals surface area contributed by atoms with Crippen molar-refractivity contribution in [2.45, 2.75) is 24.2 Å². The Hall–Kier alpha value is -0.381. The molecule has 13 heavy (non-hydrogen) atoms. The van der Waals surface area contributed by atoms with Gasteiger partial charge in [-0.2, -0.15) is 0 Å². The molecule has 2 nitrogen and oxygen atoms in total. The molecule has 0 aliphatic heterocycles. The maximum atomic E-state index is 8.65. The molecule has 0 fully saturated rings. The molecular weight excluding hydrogens is 271 g/mol. The van der Waals surface area contributed by atoms with Crippen LogP contribution >= 0.6 is 0 Å². The molecule has 1 aromatic carbocycles. The predicted octanol–water partition coefficient (Wildman–Crippen LogP) is 2.20. The second-order valence-electron chi connectivity index (χ2n) is 2.66. The molecule has 0 unspecified atom stereocenters. The number of phenolic OH excluding ortho intramolecular Hbond substituents is 2. The average Bonchev–Trinajstić information content (AvgIpc) is 2.13. The van der Waals surface area contributed by atoms with E-state index in [9.17, 15) is 0 Å². The van der Waals surface area contributed by atoms with E-state index in [1.54, 1.807) is 0 Å². The Balaban J connectivity index is 0.000000252. The number of benzene rings is 1. The fourth-order valence-electron chi connectivity index (χ4n) is 0.657. The maximum absolute atomic E-state index is 8.65. The van der Waals surface area contributed by atoms with Gasteiger partial charge in [-0.05, 0) is 24.3 Å². The van der Waals surface area contributed by atoms with Gasteiger partial charge >= 0.3 is 46.7 Å². The van der Waals surface area contributed by atoms with Crippen molar-refractivity contribution in [2.24, 2.45) is 0 Å². The molecule has 1 aromatic rings. The van der Waals surface area contributed by atoms with Crippen molar-refractivity contribution in [3.8, 4) is 11.5 Å². The Labute approximate surface area is 92.7 Å². The van der Waals surface area contributed by atoms with Gasteiger partial charge in [-0.15, -0.1) is 0 Å². The second kappa shape index (κ2) is 8.23. The summed E-state index contributed by atoms with van der Waals surface area (Å²) in [6.45, 7) is 2.23. The van der Waals surface area contributed by atoms with Gasteiger partial charge in [-0.3, -0.25) is 0 Å². The van der Waals surface area contributed by atoms with Crippen molar-refractivity contribution < 1.29 is 10.2 Å². The van der Waals surface area contributed by atoms with Crippen molar-refractivity contribution in [3.63, 3.8) is 0 Å². The molecule has 2 N–H and O–H groups in total. The van der Waals surface area contributed by atoms with Gasteiger partial charge in [-0.25, -0.2) is 0 Å². The summed E-state index contributed by atoms with van der Waals surface area (Å²) in [7, 11) is 0. The van der Waals surface area contributed by atoms with Gasteiger partial charge in [0.1, 0.15) is 11.5 Å². The Kier molecular flexibility index (Phi) is 7.99. The Morgan fingerprint density at radius 2 is 1.46 bits per heavy atom. The molecule has 0 bridgehead atoms.